The Labute approximate surface area is 110 Å². The lowest BCUT2D eigenvalue weighted by molar-refractivity contribution is -0.142. The second-order valence-electron chi connectivity index (χ2n) is 4.93. The molecular formula is C14H14O5. The number of carbonyl (C=O) groups excluding carboxylic acids is 2. The van der Waals surface area contributed by atoms with Crippen molar-refractivity contribution in [3.8, 4) is 0 Å². The molecule has 1 saturated carbocycles. The number of aliphatic hydroxyl groups excluding tert-OH is 1. The molecule has 1 unspecified atom stereocenters. The van der Waals surface area contributed by atoms with Crippen molar-refractivity contribution in [2.75, 3.05) is 0 Å². The summed E-state index contributed by atoms with van der Waals surface area (Å²) in [6.45, 7) is 0. The number of carbonyl (C=O) groups is 2. The maximum Gasteiger partial charge on any atom is 0.338 e. The molecule has 1 aliphatic carbocycles. The highest BCUT2D eigenvalue weighted by atomic mass is 16.6. The molecule has 5 nitrogen and oxygen atoms in total. The van der Waals surface area contributed by atoms with Gasteiger partial charge in [-0.15, -0.1) is 0 Å². The molecule has 0 radical (unpaired) electrons. The quantitative estimate of drug-likeness (QED) is 0.802. The summed E-state index contributed by atoms with van der Waals surface area (Å²) in [5.74, 6) is -1.00. The Balaban J connectivity index is 1.66. The molecule has 100 valence electrons. The van der Waals surface area contributed by atoms with Crippen molar-refractivity contribution in [3.05, 3.63) is 35.9 Å². The third kappa shape index (κ3) is 2.21. The predicted octanol–water partition coefficient (Wildman–Crippen LogP) is 0.908. The Morgan fingerprint density at radius 2 is 2.05 bits per heavy atom. The first-order valence-electron chi connectivity index (χ1n) is 6.29. The number of rotatable bonds is 2. The van der Waals surface area contributed by atoms with E-state index in [2.05, 4.69) is 0 Å². The predicted molar refractivity (Wildman–Crippen MR) is 64.3 cm³/mol. The standard InChI is InChI=1S/C14H14O5/c15-12-6-9-10(18-12)7-11(13(9)16)19-14(17)8-4-2-1-3-5-8/h1-5,9-11,13,16H,6-7H2/t9-,10-,11-,13?/m1/s1. The van der Waals surface area contributed by atoms with Crippen molar-refractivity contribution in [2.24, 2.45) is 5.92 Å². The zero-order valence-corrected chi connectivity index (χ0v) is 10.2. The molecule has 0 aromatic heterocycles. The molecule has 19 heavy (non-hydrogen) atoms. The van der Waals surface area contributed by atoms with Gasteiger partial charge in [-0.2, -0.15) is 0 Å². The van der Waals surface area contributed by atoms with Crippen LogP contribution in [0.1, 0.15) is 23.2 Å². The molecule has 1 N–H and O–H groups in total. The minimum Gasteiger partial charge on any atom is -0.462 e. The van der Waals surface area contributed by atoms with E-state index in [0.717, 1.165) is 0 Å². The van der Waals surface area contributed by atoms with Crippen LogP contribution < -0.4 is 0 Å². The average Bonchev–Trinajstić information content (AvgIpc) is 2.90. The zero-order chi connectivity index (χ0) is 13.4. The number of fused-ring (bicyclic) bond motifs is 1. The van der Waals surface area contributed by atoms with E-state index in [-0.39, 0.29) is 24.4 Å². The third-order valence-electron chi connectivity index (χ3n) is 3.71. The number of esters is 2. The Kier molecular flexibility index (Phi) is 2.98. The van der Waals surface area contributed by atoms with Crippen LogP contribution in [0.15, 0.2) is 30.3 Å². The number of hydrogen-bond donors (Lipinski definition) is 1. The molecule has 0 spiro atoms. The summed E-state index contributed by atoms with van der Waals surface area (Å²) in [6, 6.07) is 8.62. The fraction of sp³-hybridized carbons (Fsp3) is 0.429. The van der Waals surface area contributed by atoms with E-state index in [1.807, 2.05) is 6.07 Å². The van der Waals surface area contributed by atoms with Gasteiger partial charge < -0.3 is 14.6 Å². The van der Waals surface area contributed by atoms with Gasteiger partial charge >= 0.3 is 11.9 Å². The van der Waals surface area contributed by atoms with Crippen molar-refractivity contribution < 1.29 is 24.2 Å². The smallest absolute Gasteiger partial charge is 0.338 e. The minimum absolute atomic E-state index is 0.200. The fourth-order valence-electron chi connectivity index (χ4n) is 2.73. The van der Waals surface area contributed by atoms with Gasteiger partial charge in [0.15, 0.2) is 0 Å². The van der Waals surface area contributed by atoms with Crippen LogP contribution >= 0.6 is 0 Å². The highest BCUT2D eigenvalue weighted by Crippen LogP contribution is 2.38. The van der Waals surface area contributed by atoms with Crippen LogP contribution in [-0.2, 0) is 14.3 Å². The van der Waals surface area contributed by atoms with E-state index < -0.39 is 18.2 Å². The molecule has 0 amide bonds. The molecule has 1 aromatic carbocycles. The van der Waals surface area contributed by atoms with Crippen LogP contribution in [-0.4, -0.2) is 35.4 Å². The normalized spacial score (nSPS) is 32.8. The molecule has 2 fully saturated rings. The third-order valence-corrected chi connectivity index (χ3v) is 3.71. The van der Waals surface area contributed by atoms with E-state index >= 15 is 0 Å². The lowest BCUT2D eigenvalue weighted by Gasteiger charge is -2.17. The maximum absolute atomic E-state index is 11.9. The second kappa shape index (κ2) is 4.66. The van der Waals surface area contributed by atoms with Crippen molar-refractivity contribution >= 4 is 11.9 Å². The van der Waals surface area contributed by atoms with Gasteiger partial charge in [0.1, 0.15) is 12.2 Å². The first-order chi connectivity index (χ1) is 9.15. The lowest BCUT2D eigenvalue weighted by atomic mass is 10.0. The fourth-order valence-corrected chi connectivity index (χ4v) is 2.73. The summed E-state index contributed by atoms with van der Waals surface area (Å²) in [5.41, 5.74) is 0.448. The van der Waals surface area contributed by atoms with Crippen LogP contribution in [0.4, 0.5) is 0 Å². The highest BCUT2D eigenvalue weighted by Gasteiger charge is 2.51. The topological polar surface area (TPSA) is 72.8 Å². The molecule has 1 aliphatic heterocycles. The molecule has 3 rings (SSSR count). The summed E-state index contributed by atoms with van der Waals surface area (Å²) in [4.78, 5) is 23.0. The van der Waals surface area contributed by atoms with Gasteiger partial charge in [0.25, 0.3) is 0 Å². The molecule has 1 saturated heterocycles. The average molecular weight is 262 g/mol. The van der Waals surface area contributed by atoms with Gasteiger partial charge in [-0.05, 0) is 12.1 Å². The van der Waals surface area contributed by atoms with Crippen LogP contribution in [0, 0.1) is 5.92 Å². The zero-order valence-electron chi connectivity index (χ0n) is 10.2. The van der Waals surface area contributed by atoms with Crippen LogP contribution in [0.2, 0.25) is 0 Å². The van der Waals surface area contributed by atoms with Crippen molar-refractivity contribution in [1.82, 2.24) is 0 Å². The second-order valence-corrected chi connectivity index (χ2v) is 4.93. The van der Waals surface area contributed by atoms with Crippen LogP contribution in [0.3, 0.4) is 0 Å². The van der Waals surface area contributed by atoms with E-state index in [1.54, 1.807) is 24.3 Å². The summed E-state index contributed by atoms with van der Waals surface area (Å²) in [5, 5.41) is 10.1. The summed E-state index contributed by atoms with van der Waals surface area (Å²) in [6.07, 6.45) is -1.18. The molecule has 0 bridgehead atoms. The Morgan fingerprint density at radius 1 is 1.32 bits per heavy atom. The van der Waals surface area contributed by atoms with Crippen LogP contribution in [0.5, 0.6) is 0 Å². The van der Waals surface area contributed by atoms with E-state index in [9.17, 15) is 14.7 Å². The maximum atomic E-state index is 11.9. The van der Waals surface area contributed by atoms with Gasteiger partial charge in [-0.1, -0.05) is 18.2 Å². The molecule has 4 atom stereocenters. The van der Waals surface area contributed by atoms with Gasteiger partial charge in [0.2, 0.25) is 0 Å². The van der Waals surface area contributed by atoms with Crippen molar-refractivity contribution in [2.45, 2.75) is 31.2 Å². The van der Waals surface area contributed by atoms with Crippen molar-refractivity contribution in [1.29, 1.82) is 0 Å². The lowest BCUT2D eigenvalue weighted by Crippen LogP contribution is -2.30. The highest BCUT2D eigenvalue weighted by molar-refractivity contribution is 5.89. The Bertz CT molecular complexity index is 498. The molecule has 2 aliphatic rings. The Morgan fingerprint density at radius 3 is 2.74 bits per heavy atom. The van der Waals surface area contributed by atoms with Gasteiger partial charge in [0, 0.05) is 12.3 Å². The summed E-state index contributed by atoms with van der Waals surface area (Å²) < 4.78 is 10.4. The number of ether oxygens (including phenoxy) is 2. The van der Waals surface area contributed by atoms with E-state index in [1.165, 1.54) is 0 Å². The molecular weight excluding hydrogens is 248 g/mol. The van der Waals surface area contributed by atoms with E-state index in [0.29, 0.717) is 12.0 Å². The van der Waals surface area contributed by atoms with Crippen LogP contribution in [0.25, 0.3) is 0 Å². The monoisotopic (exact) mass is 262 g/mol. The number of hydrogen-bond acceptors (Lipinski definition) is 5. The van der Waals surface area contributed by atoms with Gasteiger partial charge in [-0.3, -0.25) is 4.79 Å². The largest absolute Gasteiger partial charge is 0.462 e. The van der Waals surface area contributed by atoms with Gasteiger partial charge in [0.05, 0.1) is 18.1 Å². The van der Waals surface area contributed by atoms with Crippen molar-refractivity contribution in [3.63, 3.8) is 0 Å². The first kappa shape index (κ1) is 12.2. The van der Waals surface area contributed by atoms with E-state index in [4.69, 9.17) is 9.47 Å². The van der Waals surface area contributed by atoms with Gasteiger partial charge in [-0.25, -0.2) is 4.79 Å². The SMILES string of the molecule is O=C1C[C@H]2C(O)[C@H](OC(=O)c3ccccc3)C[C@H]2O1. The number of aliphatic hydroxyl groups is 1. The minimum atomic E-state index is -0.830. The Hall–Kier alpha value is -1.88. The molecule has 1 aromatic rings. The summed E-state index contributed by atoms with van der Waals surface area (Å²) >= 11 is 0. The first-order valence-corrected chi connectivity index (χ1v) is 6.29. The molecule has 5 heteroatoms. The number of benzene rings is 1. The summed E-state index contributed by atoms with van der Waals surface area (Å²) in [7, 11) is 0. The molecule has 1 heterocycles.